The quantitative estimate of drug-likeness (QED) is 0.175. The molecule has 122 valence electrons. The minimum atomic E-state index is -0.0197. The van der Waals surface area contributed by atoms with Gasteiger partial charge < -0.3 is 0 Å². The predicted molar refractivity (Wildman–Crippen MR) is 101 cm³/mol. The van der Waals surface area contributed by atoms with Gasteiger partial charge in [0, 0.05) is 0 Å². The van der Waals surface area contributed by atoms with Crippen LogP contribution in [0.3, 0.4) is 0 Å². The summed E-state index contributed by atoms with van der Waals surface area (Å²) in [7, 11) is 0. The van der Waals surface area contributed by atoms with Gasteiger partial charge in [-0.2, -0.15) is 25.3 Å². The van der Waals surface area contributed by atoms with Crippen molar-refractivity contribution in [2.75, 3.05) is 0 Å². The third-order valence-electron chi connectivity index (χ3n) is 4.11. The molecule has 0 amide bonds. The van der Waals surface area contributed by atoms with Gasteiger partial charge in [-0.3, -0.25) is 0 Å². The number of unbranched alkanes of at least 4 members (excludes halogenated alkanes) is 11. The Morgan fingerprint density at radius 1 is 0.500 bits per heavy atom. The Hall–Kier alpha value is 0.700. The molecule has 0 unspecified atom stereocenters. The van der Waals surface area contributed by atoms with E-state index in [0.717, 1.165) is 0 Å². The molecule has 0 bridgehead atoms. The standard InChI is InChI=1S/C18H38S2/c1-3-5-7-9-11-13-15-17-18(19,20)16-14-12-10-8-6-4-2/h19-20H,3-17H2,1-2H3. The van der Waals surface area contributed by atoms with Crippen molar-refractivity contribution < 1.29 is 0 Å². The molecule has 0 saturated heterocycles. The van der Waals surface area contributed by atoms with Crippen molar-refractivity contribution in [2.24, 2.45) is 0 Å². The van der Waals surface area contributed by atoms with Crippen molar-refractivity contribution >= 4 is 25.3 Å². The van der Waals surface area contributed by atoms with Crippen molar-refractivity contribution in [1.82, 2.24) is 0 Å². The molecule has 0 rings (SSSR count). The molecule has 0 aromatic heterocycles. The zero-order valence-corrected chi connectivity index (χ0v) is 15.8. The van der Waals surface area contributed by atoms with Gasteiger partial charge in [0.2, 0.25) is 0 Å². The maximum Gasteiger partial charge on any atom is 0.0552 e. The predicted octanol–water partition coefficient (Wildman–Crippen LogP) is 7.43. The Kier molecular flexibility index (Phi) is 15.1. The summed E-state index contributed by atoms with van der Waals surface area (Å²) >= 11 is 9.51. The lowest BCUT2D eigenvalue weighted by Crippen LogP contribution is -2.12. The topological polar surface area (TPSA) is 0 Å². The van der Waals surface area contributed by atoms with Gasteiger partial charge in [-0.05, 0) is 12.8 Å². The molecular formula is C18H38S2. The first-order valence-electron chi connectivity index (χ1n) is 9.07. The first-order valence-corrected chi connectivity index (χ1v) is 9.96. The molecule has 0 heterocycles. The molecule has 0 aromatic rings. The zero-order valence-electron chi connectivity index (χ0n) is 14.0. The van der Waals surface area contributed by atoms with Gasteiger partial charge in [-0.25, -0.2) is 0 Å². The van der Waals surface area contributed by atoms with E-state index in [1.54, 1.807) is 0 Å². The van der Waals surface area contributed by atoms with Crippen LogP contribution in [0, 0.1) is 0 Å². The third kappa shape index (κ3) is 15.1. The van der Waals surface area contributed by atoms with Crippen LogP contribution in [-0.4, -0.2) is 4.08 Å². The normalized spacial score (nSPS) is 12.0. The summed E-state index contributed by atoms with van der Waals surface area (Å²) in [4.78, 5) is 0. The highest BCUT2D eigenvalue weighted by Gasteiger charge is 2.18. The van der Waals surface area contributed by atoms with Gasteiger partial charge in [-0.1, -0.05) is 97.3 Å². The van der Waals surface area contributed by atoms with Gasteiger partial charge in [0.25, 0.3) is 0 Å². The van der Waals surface area contributed by atoms with Crippen LogP contribution in [0.4, 0.5) is 0 Å². The molecule has 0 radical (unpaired) electrons. The summed E-state index contributed by atoms with van der Waals surface area (Å²) in [6, 6.07) is 0. The molecule has 0 N–H and O–H groups in total. The van der Waals surface area contributed by atoms with Crippen LogP contribution in [0.25, 0.3) is 0 Å². The van der Waals surface area contributed by atoms with Crippen LogP contribution in [0.5, 0.6) is 0 Å². The number of thiol groups is 2. The van der Waals surface area contributed by atoms with Crippen molar-refractivity contribution in [3.63, 3.8) is 0 Å². The van der Waals surface area contributed by atoms with E-state index in [1.807, 2.05) is 0 Å². The monoisotopic (exact) mass is 318 g/mol. The van der Waals surface area contributed by atoms with Crippen LogP contribution < -0.4 is 0 Å². The number of hydrogen-bond acceptors (Lipinski definition) is 2. The SMILES string of the molecule is CCCCCCCCCC(S)(S)CCCCCCCC. The summed E-state index contributed by atoms with van der Waals surface area (Å²) in [6.45, 7) is 4.55. The molecule has 0 aliphatic carbocycles. The Morgan fingerprint density at radius 2 is 0.800 bits per heavy atom. The van der Waals surface area contributed by atoms with Crippen molar-refractivity contribution in [2.45, 2.75) is 114 Å². The van der Waals surface area contributed by atoms with E-state index < -0.39 is 0 Å². The molecule has 0 atom stereocenters. The first-order chi connectivity index (χ1) is 9.62. The Morgan fingerprint density at radius 3 is 1.15 bits per heavy atom. The smallest absolute Gasteiger partial charge is 0.0552 e. The first kappa shape index (κ1) is 20.7. The van der Waals surface area contributed by atoms with E-state index in [0.29, 0.717) is 0 Å². The van der Waals surface area contributed by atoms with E-state index in [1.165, 1.54) is 96.3 Å². The summed E-state index contributed by atoms with van der Waals surface area (Å²) < 4.78 is -0.0197. The van der Waals surface area contributed by atoms with E-state index >= 15 is 0 Å². The maximum atomic E-state index is 4.75. The van der Waals surface area contributed by atoms with Gasteiger partial charge in [-0.15, -0.1) is 0 Å². The molecule has 0 fully saturated rings. The van der Waals surface area contributed by atoms with Crippen molar-refractivity contribution in [1.29, 1.82) is 0 Å². The molecular weight excluding hydrogens is 280 g/mol. The maximum absolute atomic E-state index is 4.75. The highest BCUT2D eigenvalue weighted by Crippen LogP contribution is 2.32. The lowest BCUT2D eigenvalue weighted by Gasteiger charge is -2.22. The van der Waals surface area contributed by atoms with Gasteiger partial charge in [0.05, 0.1) is 4.08 Å². The second-order valence-electron chi connectivity index (χ2n) is 6.37. The highest BCUT2D eigenvalue weighted by atomic mass is 32.2. The van der Waals surface area contributed by atoms with Crippen LogP contribution in [0.1, 0.15) is 110 Å². The van der Waals surface area contributed by atoms with Crippen LogP contribution in [0.2, 0.25) is 0 Å². The fourth-order valence-electron chi connectivity index (χ4n) is 2.68. The second kappa shape index (κ2) is 14.6. The average molecular weight is 319 g/mol. The Bertz CT molecular complexity index is 190. The summed E-state index contributed by atoms with van der Waals surface area (Å²) in [5.74, 6) is 0. The van der Waals surface area contributed by atoms with Crippen LogP contribution >= 0.6 is 25.3 Å². The van der Waals surface area contributed by atoms with Crippen molar-refractivity contribution in [3.05, 3.63) is 0 Å². The molecule has 0 saturated carbocycles. The largest absolute Gasteiger partial charge is 0.162 e. The number of rotatable bonds is 15. The van der Waals surface area contributed by atoms with E-state index in [4.69, 9.17) is 25.3 Å². The van der Waals surface area contributed by atoms with E-state index in [2.05, 4.69) is 13.8 Å². The summed E-state index contributed by atoms with van der Waals surface area (Å²) in [5, 5.41) is 0. The molecule has 0 aromatic carbocycles. The molecule has 0 aliphatic heterocycles. The van der Waals surface area contributed by atoms with Gasteiger partial charge in [0.15, 0.2) is 0 Å². The zero-order chi connectivity index (χ0) is 15.1. The molecule has 0 spiro atoms. The van der Waals surface area contributed by atoms with Crippen LogP contribution in [0.15, 0.2) is 0 Å². The van der Waals surface area contributed by atoms with E-state index in [9.17, 15) is 0 Å². The lowest BCUT2D eigenvalue weighted by molar-refractivity contribution is 0.525. The summed E-state index contributed by atoms with van der Waals surface area (Å²) in [6.07, 6.45) is 20.2. The van der Waals surface area contributed by atoms with Gasteiger partial charge >= 0.3 is 0 Å². The lowest BCUT2D eigenvalue weighted by atomic mass is 10.0. The Labute approximate surface area is 139 Å². The molecule has 2 heteroatoms. The minimum Gasteiger partial charge on any atom is -0.162 e. The fourth-order valence-corrected chi connectivity index (χ4v) is 3.31. The average Bonchev–Trinajstić information content (AvgIpc) is 2.41. The van der Waals surface area contributed by atoms with Crippen molar-refractivity contribution in [3.8, 4) is 0 Å². The molecule has 0 nitrogen and oxygen atoms in total. The fraction of sp³-hybridized carbons (Fsp3) is 1.00. The molecule has 0 aliphatic rings. The summed E-state index contributed by atoms with van der Waals surface area (Å²) in [5.41, 5.74) is 0. The second-order valence-corrected chi connectivity index (χ2v) is 8.44. The van der Waals surface area contributed by atoms with Gasteiger partial charge in [0.1, 0.15) is 0 Å². The third-order valence-corrected chi connectivity index (χ3v) is 5.01. The highest BCUT2D eigenvalue weighted by molar-refractivity contribution is 8.00. The minimum absolute atomic E-state index is 0.0197. The number of hydrogen-bond donors (Lipinski definition) is 2. The van der Waals surface area contributed by atoms with Crippen LogP contribution in [-0.2, 0) is 0 Å². The van der Waals surface area contributed by atoms with E-state index in [-0.39, 0.29) is 4.08 Å². The Balaban J connectivity index is 3.35. The molecule has 20 heavy (non-hydrogen) atoms.